The molecule has 0 saturated heterocycles. The number of halogens is 1. The second-order valence-electron chi connectivity index (χ2n) is 2.82. The highest BCUT2D eigenvalue weighted by Gasteiger charge is 2.28. The van der Waals surface area contributed by atoms with Gasteiger partial charge in [0.25, 0.3) is 0 Å². The molecule has 0 spiro atoms. The molecule has 0 fully saturated rings. The zero-order valence-electron chi connectivity index (χ0n) is 6.62. The summed E-state index contributed by atoms with van der Waals surface area (Å²) in [7, 11) is 0. The Bertz CT molecular complexity index is 412. The van der Waals surface area contributed by atoms with Gasteiger partial charge in [-0.05, 0) is 6.07 Å². The summed E-state index contributed by atoms with van der Waals surface area (Å²) in [4.78, 5) is 11.3. The van der Waals surface area contributed by atoms with E-state index in [1.54, 1.807) is 0 Å². The van der Waals surface area contributed by atoms with E-state index in [9.17, 15) is 9.18 Å². The maximum Gasteiger partial charge on any atom is 0.211 e. The third-order valence-electron chi connectivity index (χ3n) is 2.09. The Hall–Kier alpha value is -1.71. The first-order valence-corrected chi connectivity index (χ1v) is 3.77. The standard InChI is InChI=1S/C9H6FNO2/c10-7-3-1-2-5-6(7)4-8(11-13)9(5)12/h1-3,13H,4H2/b11-8-. The fourth-order valence-electron chi connectivity index (χ4n) is 1.43. The van der Waals surface area contributed by atoms with Crippen molar-refractivity contribution in [2.75, 3.05) is 0 Å². The average Bonchev–Trinajstić information content (AvgIpc) is 2.45. The number of carbonyl (C=O) groups excluding carboxylic acids is 1. The molecule has 0 unspecified atom stereocenters. The van der Waals surface area contributed by atoms with Crippen molar-refractivity contribution in [1.82, 2.24) is 0 Å². The Kier molecular flexibility index (Phi) is 1.62. The first kappa shape index (κ1) is 7.91. The summed E-state index contributed by atoms with van der Waals surface area (Å²) in [5.41, 5.74) is 0.619. The lowest BCUT2D eigenvalue weighted by atomic mass is 10.1. The lowest BCUT2D eigenvalue weighted by molar-refractivity contribution is 0.106. The minimum atomic E-state index is -0.426. The van der Waals surface area contributed by atoms with Gasteiger partial charge in [0.1, 0.15) is 11.5 Å². The van der Waals surface area contributed by atoms with Gasteiger partial charge < -0.3 is 5.21 Å². The Labute approximate surface area is 73.5 Å². The van der Waals surface area contributed by atoms with Crippen LogP contribution in [0.1, 0.15) is 15.9 Å². The van der Waals surface area contributed by atoms with Gasteiger partial charge in [-0.1, -0.05) is 17.3 Å². The van der Waals surface area contributed by atoms with Gasteiger partial charge in [-0.25, -0.2) is 4.39 Å². The molecule has 1 N–H and O–H groups in total. The smallest absolute Gasteiger partial charge is 0.211 e. The van der Waals surface area contributed by atoms with E-state index >= 15 is 0 Å². The van der Waals surface area contributed by atoms with E-state index in [1.807, 2.05) is 0 Å². The van der Waals surface area contributed by atoms with Gasteiger partial charge >= 0.3 is 0 Å². The molecule has 0 heterocycles. The highest BCUT2D eigenvalue weighted by molar-refractivity contribution is 6.49. The molecule has 66 valence electrons. The Balaban J connectivity index is 2.62. The van der Waals surface area contributed by atoms with Crippen LogP contribution < -0.4 is 0 Å². The number of ketones is 1. The Morgan fingerprint density at radius 2 is 2.23 bits per heavy atom. The predicted molar refractivity (Wildman–Crippen MR) is 43.7 cm³/mol. The fraction of sp³-hybridized carbons (Fsp3) is 0.111. The number of carbonyl (C=O) groups is 1. The molecule has 0 aromatic heterocycles. The van der Waals surface area contributed by atoms with Crippen LogP contribution in [0, 0.1) is 5.82 Å². The van der Waals surface area contributed by atoms with Gasteiger partial charge in [0.2, 0.25) is 5.78 Å². The average molecular weight is 179 g/mol. The predicted octanol–water partition coefficient (Wildman–Crippen LogP) is 1.39. The third-order valence-corrected chi connectivity index (χ3v) is 2.09. The summed E-state index contributed by atoms with van der Waals surface area (Å²) in [6.07, 6.45) is 0.0807. The molecular weight excluding hydrogens is 173 g/mol. The molecule has 0 amide bonds. The number of hydrogen-bond donors (Lipinski definition) is 1. The van der Waals surface area contributed by atoms with Crippen LogP contribution in [-0.4, -0.2) is 16.7 Å². The number of nitrogens with zero attached hydrogens (tertiary/aromatic N) is 1. The van der Waals surface area contributed by atoms with Gasteiger partial charge in [-0.3, -0.25) is 4.79 Å². The van der Waals surface area contributed by atoms with Gasteiger partial charge in [0, 0.05) is 17.5 Å². The van der Waals surface area contributed by atoms with E-state index in [-0.39, 0.29) is 12.1 Å². The molecule has 1 aromatic rings. The lowest BCUT2D eigenvalue weighted by Crippen LogP contribution is -2.06. The molecule has 1 aliphatic rings. The maximum absolute atomic E-state index is 13.1. The van der Waals surface area contributed by atoms with Crippen molar-refractivity contribution in [2.24, 2.45) is 5.16 Å². The summed E-state index contributed by atoms with van der Waals surface area (Å²) in [6.45, 7) is 0. The van der Waals surface area contributed by atoms with Crippen molar-refractivity contribution >= 4 is 11.5 Å². The monoisotopic (exact) mass is 179 g/mol. The van der Waals surface area contributed by atoms with Crippen LogP contribution in [0.2, 0.25) is 0 Å². The third kappa shape index (κ3) is 1.02. The van der Waals surface area contributed by atoms with Crippen molar-refractivity contribution in [1.29, 1.82) is 0 Å². The molecular formula is C9H6FNO2. The molecule has 0 radical (unpaired) electrons. The van der Waals surface area contributed by atoms with Crippen LogP contribution >= 0.6 is 0 Å². The van der Waals surface area contributed by atoms with Gasteiger partial charge in [0.15, 0.2) is 0 Å². The van der Waals surface area contributed by atoms with E-state index in [0.717, 1.165) is 0 Å². The fourth-order valence-corrected chi connectivity index (χ4v) is 1.43. The number of benzene rings is 1. The van der Waals surface area contributed by atoms with E-state index in [1.165, 1.54) is 18.2 Å². The van der Waals surface area contributed by atoms with Gasteiger partial charge in [-0.15, -0.1) is 0 Å². The highest BCUT2D eigenvalue weighted by Crippen LogP contribution is 2.22. The van der Waals surface area contributed by atoms with E-state index < -0.39 is 11.6 Å². The molecule has 0 saturated carbocycles. The van der Waals surface area contributed by atoms with Crippen molar-refractivity contribution in [3.8, 4) is 0 Å². The van der Waals surface area contributed by atoms with Crippen LogP contribution in [0.15, 0.2) is 23.4 Å². The molecule has 2 rings (SSSR count). The molecule has 13 heavy (non-hydrogen) atoms. The summed E-state index contributed by atoms with van der Waals surface area (Å²) in [6, 6.07) is 4.28. The number of hydrogen-bond acceptors (Lipinski definition) is 3. The van der Waals surface area contributed by atoms with Crippen LogP contribution in [0.3, 0.4) is 0 Å². The molecule has 0 bridgehead atoms. The molecule has 0 atom stereocenters. The van der Waals surface area contributed by atoms with Crippen LogP contribution in [0.25, 0.3) is 0 Å². The lowest BCUT2D eigenvalue weighted by Gasteiger charge is -1.95. The summed E-state index contributed by atoms with van der Waals surface area (Å²) in [5, 5.41) is 11.3. The van der Waals surface area contributed by atoms with E-state index in [4.69, 9.17) is 5.21 Å². The van der Waals surface area contributed by atoms with Gasteiger partial charge in [-0.2, -0.15) is 0 Å². The number of oxime groups is 1. The molecule has 1 aliphatic carbocycles. The number of rotatable bonds is 0. The minimum absolute atomic E-state index is 0.0000926. The largest absolute Gasteiger partial charge is 0.411 e. The summed E-state index contributed by atoms with van der Waals surface area (Å²) >= 11 is 0. The Morgan fingerprint density at radius 3 is 2.85 bits per heavy atom. The van der Waals surface area contributed by atoms with Crippen LogP contribution in [0.4, 0.5) is 4.39 Å². The summed E-state index contributed by atoms with van der Waals surface area (Å²) in [5.74, 6) is -0.818. The first-order chi connectivity index (χ1) is 6.24. The first-order valence-electron chi connectivity index (χ1n) is 3.77. The van der Waals surface area contributed by atoms with Crippen molar-refractivity contribution in [3.63, 3.8) is 0 Å². The zero-order chi connectivity index (χ0) is 9.42. The maximum atomic E-state index is 13.1. The van der Waals surface area contributed by atoms with Gasteiger partial charge in [0.05, 0.1) is 0 Å². The molecule has 0 aliphatic heterocycles. The van der Waals surface area contributed by atoms with Crippen molar-refractivity contribution < 1.29 is 14.4 Å². The van der Waals surface area contributed by atoms with Crippen LogP contribution in [-0.2, 0) is 6.42 Å². The molecule has 1 aromatic carbocycles. The second kappa shape index (κ2) is 2.65. The zero-order valence-corrected chi connectivity index (χ0v) is 6.62. The number of fused-ring (bicyclic) bond motifs is 1. The van der Waals surface area contributed by atoms with Crippen molar-refractivity contribution in [2.45, 2.75) is 6.42 Å². The van der Waals surface area contributed by atoms with Crippen molar-refractivity contribution in [3.05, 3.63) is 35.1 Å². The Morgan fingerprint density at radius 1 is 1.46 bits per heavy atom. The topological polar surface area (TPSA) is 49.7 Å². The quantitative estimate of drug-likeness (QED) is 0.483. The normalized spacial score (nSPS) is 17.9. The van der Waals surface area contributed by atoms with Crippen LogP contribution in [0.5, 0.6) is 0 Å². The van der Waals surface area contributed by atoms with E-state index in [0.29, 0.717) is 11.1 Å². The summed E-state index contributed by atoms with van der Waals surface area (Å²) < 4.78 is 13.1. The SMILES string of the molecule is O=C1/C(=N\O)Cc2c(F)cccc21. The molecule has 4 heteroatoms. The molecule has 3 nitrogen and oxygen atoms in total. The van der Waals surface area contributed by atoms with E-state index in [2.05, 4.69) is 5.16 Å². The highest BCUT2D eigenvalue weighted by atomic mass is 19.1. The second-order valence-corrected chi connectivity index (χ2v) is 2.82. The number of Topliss-reactive ketones (excluding diaryl/α,β-unsaturated/α-hetero) is 1. The minimum Gasteiger partial charge on any atom is -0.411 e.